The summed E-state index contributed by atoms with van der Waals surface area (Å²) in [7, 11) is 0. The number of likely N-dealkylation sites (tertiary alicyclic amines) is 1. The Labute approximate surface area is 141 Å². The van der Waals surface area contributed by atoms with Crippen molar-refractivity contribution in [2.45, 2.75) is 64.1 Å². The molecule has 7 atom stereocenters. The predicted octanol–water partition coefficient (Wildman–Crippen LogP) is 1.76. The summed E-state index contributed by atoms with van der Waals surface area (Å²) in [5, 5.41) is 9.30. The molecular formula is C17H25NO6. The molecule has 2 bridgehead atoms. The second kappa shape index (κ2) is 5.16. The summed E-state index contributed by atoms with van der Waals surface area (Å²) in [4.78, 5) is 37.3. The average Bonchev–Trinajstić information content (AvgIpc) is 2.76. The van der Waals surface area contributed by atoms with E-state index in [1.807, 2.05) is 6.92 Å². The Morgan fingerprint density at radius 2 is 2.00 bits per heavy atom. The fraction of sp³-hybridized carbons (Fsp3) is 0.882. The van der Waals surface area contributed by atoms with Crippen LogP contribution in [0.2, 0.25) is 0 Å². The molecule has 1 amide bonds. The molecule has 1 spiro atoms. The van der Waals surface area contributed by atoms with Crippen LogP contribution in [0.25, 0.3) is 0 Å². The lowest BCUT2D eigenvalue weighted by molar-refractivity contribution is -0.547. The second-order valence-electron chi connectivity index (χ2n) is 8.08. The molecule has 0 radical (unpaired) electrons. The van der Waals surface area contributed by atoms with Gasteiger partial charge in [-0.2, -0.15) is 0 Å². The molecule has 4 saturated heterocycles. The quantitative estimate of drug-likeness (QED) is 0.772. The van der Waals surface area contributed by atoms with E-state index in [2.05, 4.69) is 6.92 Å². The molecule has 1 aliphatic carbocycles. The number of piperidine rings is 1. The number of carbonyl (C=O) groups is 2. The zero-order valence-electron chi connectivity index (χ0n) is 14.4. The first-order valence-corrected chi connectivity index (χ1v) is 8.85. The fourth-order valence-electron chi connectivity index (χ4n) is 5.46. The minimum Gasteiger partial charge on any atom is -0.480 e. The number of carboxylic acids is 1. The predicted molar refractivity (Wildman–Crippen MR) is 81.3 cm³/mol. The minimum atomic E-state index is -1.04. The normalized spacial score (nSPS) is 50.4. The van der Waals surface area contributed by atoms with Gasteiger partial charge in [0, 0.05) is 18.3 Å². The highest BCUT2D eigenvalue weighted by Crippen LogP contribution is 2.60. The van der Waals surface area contributed by atoms with Crippen molar-refractivity contribution in [2.75, 3.05) is 6.54 Å². The van der Waals surface area contributed by atoms with Crippen LogP contribution in [-0.4, -0.2) is 46.0 Å². The molecule has 1 saturated carbocycles. The monoisotopic (exact) mass is 339 g/mol. The van der Waals surface area contributed by atoms with Crippen LogP contribution in [-0.2, 0) is 24.1 Å². The van der Waals surface area contributed by atoms with Crippen LogP contribution < -0.4 is 0 Å². The maximum absolute atomic E-state index is 12.9. The molecule has 4 heterocycles. The van der Waals surface area contributed by atoms with Gasteiger partial charge in [0.05, 0.1) is 0 Å². The number of rotatable bonds is 2. The van der Waals surface area contributed by atoms with Gasteiger partial charge in [-0.3, -0.25) is 9.59 Å². The summed E-state index contributed by atoms with van der Waals surface area (Å²) >= 11 is 0. The van der Waals surface area contributed by atoms with Crippen LogP contribution >= 0.6 is 0 Å². The summed E-state index contributed by atoms with van der Waals surface area (Å²) in [5.41, 5.74) is -0.767. The molecule has 134 valence electrons. The van der Waals surface area contributed by atoms with Crippen molar-refractivity contribution in [3.63, 3.8) is 0 Å². The van der Waals surface area contributed by atoms with Crippen LogP contribution in [0.4, 0.5) is 0 Å². The van der Waals surface area contributed by atoms with E-state index in [4.69, 9.17) is 14.5 Å². The van der Waals surface area contributed by atoms with Crippen molar-refractivity contribution in [1.29, 1.82) is 0 Å². The third-order valence-corrected chi connectivity index (χ3v) is 6.66. The van der Waals surface area contributed by atoms with Crippen molar-refractivity contribution < 1.29 is 29.2 Å². The van der Waals surface area contributed by atoms with Crippen molar-refractivity contribution in [3.05, 3.63) is 0 Å². The van der Waals surface area contributed by atoms with Gasteiger partial charge in [-0.1, -0.05) is 13.8 Å². The first-order valence-electron chi connectivity index (χ1n) is 8.85. The van der Waals surface area contributed by atoms with E-state index in [0.717, 1.165) is 19.3 Å². The number of aliphatic carboxylic acids is 1. The largest absolute Gasteiger partial charge is 0.480 e. The van der Waals surface area contributed by atoms with Gasteiger partial charge < -0.3 is 14.7 Å². The second-order valence-corrected chi connectivity index (χ2v) is 8.08. The molecule has 0 aromatic carbocycles. The van der Waals surface area contributed by atoms with E-state index in [9.17, 15) is 14.7 Å². The molecule has 5 aliphatic rings. The Bertz CT molecular complexity index is 581. The van der Waals surface area contributed by atoms with Crippen molar-refractivity contribution in [2.24, 2.45) is 23.7 Å². The zero-order chi connectivity index (χ0) is 17.3. The third kappa shape index (κ3) is 2.01. The minimum absolute atomic E-state index is 0.0103. The number of hydrogen-bond donors (Lipinski definition) is 1. The van der Waals surface area contributed by atoms with Gasteiger partial charge in [0.1, 0.15) is 6.54 Å². The van der Waals surface area contributed by atoms with Crippen molar-refractivity contribution in [3.8, 4) is 0 Å². The molecule has 7 heteroatoms. The van der Waals surface area contributed by atoms with Gasteiger partial charge in [-0.05, 0) is 38.0 Å². The maximum atomic E-state index is 12.9. The number of ether oxygens (including phenoxy) is 1. The Morgan fingerprint density at radius 1 is 1.25 bits per heavy atom. The number of hydrogen-bond acceptors (Lipinski definition) is 5. The highest BCUT2D eigenvalue weighted by atomic mass is 17.3. The van der Waals surface area contributed by atoms with Gasteiger partial charge >= 0.3 is 5.97 Å². The summed E-state index contributed by atoms with van der Waals surface area (Å²) in [6, 6.07) is 0. The SMILES string of the molecule is C[C@@H]1CCC2[C@@H](C)C(=O)N(CC(=O)O)C3O[C@]4(C)CCC1C23OO4. The Balaban J connectivity index is 1.85. The zero-order valence-corrected chi connectivity index (χ0v) is 14.4. The lowest BCUT2D eigenvalue weighted by Crippen LogP contribution is -2.75. The molecule has 24 heavy (non-hydrogen) atoms. The molecule has 5 rings (SSSR count). The Kier molecular flexibility index (Phi) is 3.50. The maximum Gasteiger partial charge on any atom is 0.323 e. The van der Waals surface area contributed by atoms with Crippen molar-refractivity contribution in [1.82, 2.24) is 4.90 Å². The molecule has 0 aromatic rings. The molecule has 1 N–H and O–H groups in total. The topological polar surface area (TPSA) is 85.3 Å². The first kappa shape index (κ1) is 16.3. The molecular weight excluding hydrogens is 314 g/mol. The third-order valence-electron chi connectivity index (χ3n) is 6.66. The highest BCUT2D eigenvalue weighted by Gasteiger charge is 2.70. The summed E-state index contributed by atoms with van der Waals surface area (Å²) in [5.74, 6) is -1.84. The standard InChI is InChI=1S/C17H25NO6/c1-9-4-5-12-10(2)14(21)18(8-13(19)20)15-17(12)11(9)6-7-16(3,22-15)23-24-17/h9-12,15H,4-8H2,1-3H3,(H,19,20)/t9-,10-,11?,12?,15?,16+,17?/m1/s1. The first-order chi connectivity index (χ1) is 11.3. The van der Waals surface area contributed by atoms with E-state index in [1.165, 1.54) is 4.90 Å². The fourth-order valence-corrected chi connectivity index (χ4v) is 5.46. The molecule has 7 nitrogen and oxygen atoms in total. The van der Waals surface area contributed by atoms with Gasteiger partial charge in [-0.25, -0.2) is 9.78 Å². The van der Waals surface area contributed by atoms with Crippen LogP contribution in [0.15, 0.2) is 0 Å². The lowest BCUT2D eigenvalue weighted by atomic mass is 9.57. The average molecular weight is 339 g/mol. The van der Waals surface area contributed by atoms with E-state index >= 15 is 0 Å². The van der Waals surface area contributed by atoms with Crippen LogP contribution in [0.3, 0.4) is 0 Å². The van der Waals surface area contributed by atoms with Crippen LogP contribution in [0.5, 0.6) is 0 Å². The summed E-state index contributed by atoms with van der Waals surface area (Å²) < 4.78 is 6.20. The Hall–Kier alpha value is -1.18. The molecule has 4 aliphatic heterocycles. The van der Waals surface area contributed by atoms with Crippen LogP contribution in [0, 0.1) is 23.7 Å². The smallest absolute Gasteiger partial charge is 0.323 e. The van der Waals surface area contributed by atoms with Gasteiger partial charge in [-0.15, -0.1) is 0 Å². The number of nitrogens with zero attached hydrogens (tertiary/aromatic N) is 1. The molecule has 0 aromatic heterocycles. The molecule has 5 fully saturated rings. The van der Waals surface area contributed by atoms with E-state index in [-0.39, 0.29) is 30.2 Å². The number of fused-ring (bicyclic) bond motifs is 2. The summed E-state index contributed by atoms with van der Waals surface area (Å²) in [6.45, 7) is 5.52. The number of carboxylic acid groups (broad SMARTS) is 1. The molecule has 4 unspecified atom stereocenters. The van der Waals surface area contributed by atoms with Gasteiger partial charge in [0.2, 0.25) is 11.7 Å². The number of amides is 1. The van der Waals surface area contributed by atoms with Crippen LogP contribution in [0.1, 0.15) is 46.5 Å². The van der Waals surface area contributed by atoms with Gasteiger partial charge in [0.15, 0.2) is 11.8 Å². The van der Waals surface area contributed by atoms with E-state index in [1.54, 1.807) is 6.92 Å². The van der Waals surface area contributed by atoms with E-state index < -0.39 is 23.6 Å². The Morgan fingerprint density at radius 3 is 2.71 bits per heavy atom. The van der Waals surface area contributed by atoms with E-state index in [0.29, 0.717) is 12.3 Å². The van der Waals surface area contributed by atoms with Gasteiger partial charge in [0.25, 0.3) is 0 Å². The number of carbonyl (C=O) groups excluding carboxylic acids is 1. The van der Waals surface area contributed by atoms with Crippen molar-refractivity contribution >= 4 is 11.9 Å². The highest BCUT2D eigenvalue weighted by molar-refractivity contribution is 5.84. The summed E-state index contributed by atoms with van der Waals surface area (Å²) in [6.07, 6.45) is 2.78. The lowest BCUT2D eigenvalue weighted by Gasteiger charge is -2.61.